The Morgan fingerprint density at radius 1 is 1.08 bits per heavy atom. The summed E-state index contributed by atoms with van der Waals surface area (Å²) >= 11 is 0. The molecule has 4 rings (SSSR count). The summed E-state index contributed by atoms with van der Waals surface area (Å²) in [4.78, 5) is 12.9. The van der Waals surface area contributed by atoms with Gasteiger partial charge in [-0.25, -0.2) is 0 Å². The molecule has 2 aromatic carbocycles. The molecule has 2 aliphatic heterocycles. The number of nitrogens with one attached hydrogen (secondary N) is 1. The molecule has 2 fully saturated rings. The highest BCUT2D eigenvalue weighted by Gasteiger charge is 2.47. The molecule has 4 atom stereocenters. The van der Waals surface area contributed by atoms with Crippen molar-refractivity contribution in [1.29, 1.82) is 0 Å². The molecule has 2 N–H and O–H groups in total. The molecule has 0 spiro atoms. The van der Waals surface area contributed by atoms with Crippen LogP contribution in [0, 0.1) is 6.92 Å². The number of ether oxygens (including phenoxy) is 2. The van der Waals surface area contributed by atoms with Crippen LogP contribution in [-0.4, -0.2) is 48.6 Å². The predicted octanol–water partition coefficient (Wildman–Crippen LogP) is 1.84. The summed E-state index contributed by atoms with van der Waals surface area (Å²) in [5, 5.41) is 12.9. The number of aliphatic hydroxyl groups excluding tert-OH is 1. The average Bonchev–Trinajstić information content (AvgIpc) is 3.21. The van der Waals surface area contributed by atoms with Gasteiger partial charge in [0.2, 0.25) is 0 Å². The molecule has 136 valence electrons. The quantitative estimate of drug-likeness (QED) is 0.880. The van der Waals surface area contributed by atoms with Crippen molar-refractivity contribution in [3.8, 4) is 0 Å². The Bertz CT molecular complexity index is 789. The zero-order chi connectivity index (χ0) is 18.1. The van der Waals surface area contributed by atoms with Gasteiger partial charge in [0.15, 0.2) is 0 Å². The minimum absolute atomic E-state index is 0.132. The molecule has 0 aromatic heterocycles. The van der Waals surface area contributed by atoms with E-state index in [1.54, 1.807) is 0 Å². The summed E-state index contributed by atoms with van der Waals surface area (Å²) in [5.41, 5.74) is 4.03. The van der Waals surface area contributed by atoms with E-state index in [0.717, 1.165) is 5.56 Å². The summed E-state index contributed by atoms with van der Waals surface area (Å²) in [7, 11) is 0. The fourth-order valence-corrected chi connectivity index (χ4v) is 3.67. The summed E-state index contributed by atoms with van der Waals surface area (Å²) < 4.78 is 11.2. The highest BCUT2D eigenvalue weighted by Crippen LogP contribution is 2.27. The van der Waals surface area contributed by atoms with Crippen molar-refractivity contribution in [1.82, 2.24) is 5.32 Å². The first-order chi connectivity index (χ1) is 12.6. The van der Waals surface area contributed by atoms with E-state index in [9.17, 15) is 9.90 Å². The smallest absolute Gasteiger partial charge is 0.251 e. The Balaban J connectivity index is 1.49. The van der Waals surface area contributed by atoms with Gasteiger partial charge in [0, 0.05) is 5.56 Å². The molecule has 0 bridgehead atoms. The predicted molar refractivity (Wildman–Crippen MR) is 97.2 cm³/mol. The molecule has 2 saturated heterocycles. The van der Waals surface area contributed by atoms with Crippen molar-refractivity contribution in [3.63, 3.8) is 0 Å². The Kier molecular flexibility index (Phi) is 4.76. The maximum absolute atomic E-state index is 12.9. The first-order valence-electron chi connectivity index (χ1n) is 8.97. The van der Waals surface area contributed by atoms with Crippen molar-refractivity contribution >= 4 is 5.91 Å². The van der Waals surface area contributed by atoms with Crippen LogP contribution in [0.5, 0.6) is 0 Å². The summed E-state index contributed by atoms with van der Waals surface area (Å²) in [6, 6.07) is 15.8. The maximum Gasteiger partial charge on any atom is 0.251 e. The van der Waals surface area contributed by atoms with Crippen LogP contribution >= 0.6 is 0 Å². The van der Waals surface area contributed by atoms with E-state index in [4.69, 9.17) is 9.47 Å². The van der Waals surface area contributed by atoms with Crippen LogP contribution in [0.1, 0.15) is 27.0 Å². The van der Waals surface area contributed by atoms with E-state index >= 15 is 0 Å². The zero-order valence-corrected chi connectivity index (χ0v) is 14.7. The third-order valence-electron chi connectivity index (χ3n) is 5.12. The minimum atomic E-state index is -0.615. The first-order valence-corrected chi connectivity index (χ1v) is 8.97. The molecule has 26 heavy (non-hydrogen) atoms. The van der Waals surface area contributed by atoms with Gasteiger partial charge in [-0.15, -0.1) is 0 Å². The van der Waals surface area contributed by atoms with Gasteiger partial charge < -0.3 is 19.9 Å². The second-order valence-corrected chi connectivity index (χ2v) is 7.06. The van der Waals surface area contributed by atoms with Gasteiger partial charge in [0.1, 0.15) is 18.3 Å². The monoisotopic (exact) mass is 353 g/mol. The van der Waals surface area contributed by atoms with E-state index < -0.39 is 6.10 Å². The number of carbonyl (C=O) groups excluding carboxylic acids is 1. The van der Waals surface area contributed by atoms with E-state index in [2.05, 4.69) is 36.5 Å². The molecule has 0 aliphatic carbocycles. The number of amides is 1. The lowest BCUT2D eigenvalue weighted by molar-refractivity contribution is 0.0178. The molecule has 0 radical (unpaired) electrons. The van der Waals surface area contributed by atoms with Crippen LogP contribution in [0.4, 0.5) is 0 Å². The highest BCUT2D eigenvalue weighted by molar-refractivity contribution is 5.96. The standard InChI is InChI=1S/C21H23NO4/c1-13-6-8-14(9-7-13)10-15-4-2-3-5-16(15)21(24)22-17-11-25-20-18(23)12-26-19(17)20/h2-9,17-20,23H,10-12H2,1H3,(H,22,24)/t17-,18+,19+,20+/m0/s1. The third-order valence-corrected chi connectivity index (χ3v) is 5.12. The number of fused-ring (bicyclic) bond motifs is 1. The molecule has 0 unspecified atom stereocenters. The SMILES string of the molecule is Cc1ccc(Cc2ccccc2C(=O)N[C@H]2CO[C@H]3[C@@H]2OC[C@H]3O)cc1. The topological polar surface area (TPSA) is 67.8 Å². The van der Waals surface area contributed by atoms with E-state index in [1.807, 2.05) is 24.3 Å². The average molecular weight is 353 g/mol. The van der Waals surface area contributed by atoms with Gasteiger partial charge in [0.05, 0.1) is 19.3 Å². The van der Waals surface area contributed by atoms with Crippen LogP contribution in [0.2, 0.25) is 0 Å². The Morgan fingerprint density at radius 3 is 2.62 bits per heavy atom. The molecular weight excluding hydrogens is 330 g/mol. The first kappa shape index (κ1) is 17.2. The van der Waals surface area contributed by atoms with Crippen molar-refractivity contribution < 1.29 is 19.4 Å². The fourth-order valence-electron chi connectivity index (χ4n) is 3.67. The molecule has 2 heterocycles. The second-order valence-electron chi connectivity index (χ2n) is 7.06. The van der Waals surface area contributed by atoms with E-state index in [-0.39, 0.29) is 30.8 Å². The molecule has 5 nitrogen and oxygen atoms in total. The van der Waals surface area contributed by atoms with Gasteiger partial charge in [0.25, 0.3) is 5.91 Å². The lowest BCUT2D eigenvalue weighted by Gasteiger charge is -2.18. The number of aliphatic hydroxyl groups is 1. The van der Waals surface area contributed by atoms with Gasteiger partial charge in [-0.05, 0) is 30.5 Å². The number of hydrogen-bond acceptors (Lipinski definition) is 4. The van der Waals surface area contributed by atoms with Gasteiger partial charge in [-0.3, -0.25) is 4.79 Å². The van der Waals surface area contributed by atoms with Crippen molar-refractivity contribution in [2.24, 2.45) is 0 Å². The van der Waals surface area contributed by atoms with Gasteiger partial charge in [-0.2, -0.15) is 0 Å². The Labute approximate surface area is 152 Å². The van der Waals surface area contributed by atoms with Crippen LogP contribution < -0.4 is 5.32 Å². The second kappa shape index (κ2) is 7.19. The van der Waals surface area contributed by atoms with Crippen LogP contribution in [0.25, 0.3) is 0 Å². The summed E-state index contributed by atoms with van der Waals surface area (Å²) in [5.74, 6) is -0.132. The summed E-state index contributed by atoms with van der Waals surface area (Å²) in [6.07, 6.45) is -0.538. The molecule has 5 heteroatoms. The normalized spacial score (nSPS) is 27.3. The number of aryl methyl sites for hydroxylation is 1. The zero-order valence-electron chi connectivity index (χ0n) is 14.7. The van der Waals surface area contributed by atoms with Gasteiger partial charge in [-0.1, -0.05) is 48.0 Å². The molecule has 2 aromatic rings. The fraction of sp³-hybridized carbons (Fsp3) is 0.381. The van der Waals surface area contributed by atoms with Crippen LogP contribution in [0.3, 0.4) is 0 Å². The third kappa shape index (κ3) is 3.38. The number of hydrogen-bond donors (Lipinski definition) is 2. The maximum atomic E-state index is 12.9. The molecule has 2 aliphatic rings. The largest absolute Gasteiger partial charge is 0.388 e. The number of rotatable bonds is 4. The Morgan fingerprint density at radius 2 is 1.81 bits per heavy atom. The minimum Gasteiger partial charge on any atom is -0.388 e. The number of carbonyl (C=O) groups is 1. The lowest BCUT2D eigenvalue weighted by Crippen LogP contribution is -2.44. The lowest BCUT2D eigenvalue weighted by atomic mass is 9.98. The highest BCUT2D eigenvalue weighted by atomic mass is 16.6. The van der Waals surface area contributed by atoms with Crippen molar-refractivity contribution in [3.05, 3.63) is 70.8 Å². The number of benzene rings is 2. The van der Waals surface area contributed by atoms with Crippen molar-refractivity contribution in [2.45, 2.75) is 37.7 Å². The van der Waals surface area contributed by atoms with Crippen LogP contribution in [0.15, 0.2) is 48.5 Å². The molecule has 1 amide bonds. The molecule has 0 saturated carbocycles. The van der Waals surface area contributed by atoms with Gasteiger partial charge >= 0.3 is 0 Å². The van der Waals surface area contributed by atoms with E-state index in [1.165, 1.54) is 11.1 Å². The molecular formula is C21H23NO4. The van der Waals surface area contributed by atoms with Crippen molar-refractivity contribution in [2.75, 3.05) is 13.2 Å². The van der Waals surface area contributed by atoms with Crippen LogP contribution in [-0.2, 0) is 15.9 Å². The summed E-state index contributed by atoms with van der Waals surface area (Å²) in [6.45, 7) is 2.67. The van der Waals surface area contributed by atoms with E-state index in [0.29, 0.717) is 18.6 Å². The Hall–Kier alpha value is -2.21.